The summed E-state index contributed by atoms with van der Waals surface area (Å²) in [4.78, 5) is 16.8. The van der Waals surface area contributed by atoms with Gasteiger partial charge in [0, 0.05) is 17.3 Å². The SMILES string of the molecule is CC(C)c1cc(C(=O)NC(C)C2CCCC2)cc(NN)n1. The summed E-state index contributed by atoms with van der Waals surface area (Å²) < 4.78 is 0. The van der Waals surface area contributed by atoms with Crippen molar-refractivity contribution in [3.63, 3.8) is 0 Å². The highest BCUT2D eigenvalue weighted by atomic mass is 16.1. The summed E-state index contributed by atoms with van der Waals surface area (Å²) >= 11 is 0. The molecule has 0 bridgehead atoms. The minimum atomic E-state index is -0.0461. The van der Waals surface area contributed by atoms with Gasteiger partial charge in [-0.2, -0.15) is 0 Å². The lowest BCUT2D eigenvalue weighted by Gasteiger charge is -2.20. The maximum Gasteiger partial charge on any atom is 0.251 e. The lowest BCUT2D eigenvalue weighted by molar-refractivity contribution is 0.0927. The van der Waals surface area contributed by atoms with Crippen LogP contribution in [0.1, 0.15) is 68.4 Å². The molecule has 1 amide bonds. The van der Waals surface area contributed by atoms with Gasteiger partial charge in [-0.05, 0) is 43.7 Å². The zero-order valence-electron chi connectivity index (χ0n) is 13.1. The molecule has 21 heavy (non-hydrogen) atoms. The van der Waals surface area contributed by atoms with Gasteiger partial charge in [-0.3, -0.25) is 4.79 Å². The monoisotopic (exact) mass is 290 g/mol. The molecule has 1 aliphatic rings. The lowest BCUT2D eigenvalue weighted by Crippen LogP contribution is -2.37. The predicted octanol–water partition coefficient (Wildman–Crippen LogP) is 2.80. The van der Waals surface area contributed by atoms with Crippen LogP contribution in [0.4, 0.5) is 5.82 Å². The third-order valence-corrected chi connectivity index (χ3v) is 4.31. The number of nitrogens with two attached hydrogens (primary N) is 1. The van der Waals surface area contributed by atoms with E-state index in [1.807, 2.05) is 19.9 Å². The van der Waals surface area contributed by atoms with Crippen LogP contribution >= 0.6 is 0 Å². The van der Waals surface area contributed by atoms with E-state index in [0.717, 1.165) is 5.69 Å². The summed E-state index contributed by atoms with van der Waals surface area (Å²) in [6.07, 6.45) is 4.98. The number of nitrogen functional groups attached to an aromatic ring is 1. The van der Waals surface area contributed by atoms with Crippen LogP contribution in [0.5, 0.6) is 0 Å². The number of hydrogen-bond acceptors (Lipinski definition) is 4. The molecule has 2 rings (SSSR count). The van der Waals surface area contributed by atoms with Gasteiger partial charge in [-0.1, -0.05) is 26.7 Å². The van der Waals surface area contributed by atoms with Gasteiger partial charge in [-0.25, -0.2) is 10.8 Å². The van der Waals surface area contributed by atoms with Crippen molar-refractivity contribution in [1.29, 1.82) is 0 Å². The number of hydrogen-bond donors (Lipinski definition) is 3. The quantitative estimate of drug-likeness (QED) is 0.575. The fourth-order valence-corrected chi connectivity index (χ4v) is 2.92. The second-order valence-corrected chi connectivity index (χ2v) is 6.27. The van der Waals surface area contributed by atoms with Gasteiger partial charge < -0.3 is 10.7 Å². The summed E-state index contributed by atoms with van der Waals surface area (Å²) in [5, 5.41) is 3.12. The predicted molar refractivity (Wildman–Crippen MR) is 85.0 cm³/mol. The summed E-state index contributed by atoms with van der Waals surface area (Å²) in [5.74, 6) is 6.78. The highest BCUT2D eigenvalue weighted by Gasteiger charge is 2.23. The Morgan fingerprint density at radius 3 is 2.52 bits per heavy atom. The minimum absolute atomic E-state index is 0.0461. The summed E-state index contributed by atoms with van der Waals surface area (Å²) in [7, 11) is 0. The maximum atomic E-state index is 12.4. The van der Waals surface area contributed by atoms with Gasteiger partial charge in [0.15, 0.2) is 0 Å². The second kappa shape index (κ2) is 6.89. The molecule has 0 aromatic carbocycles. The Balaban J connectivity index is 2.12. The van der Waals surface area contributed by atoms with E-state index in [-0.39, 0.29) is 17.9 Å². The van der Waals surface area contributed by atoms with Crippen molar-refractivity contribution in [2.75, 3.05) is 5.43 Å². The number of aromatic nitrogens is 1. The summed E-state index contributed by atoms with van der Waals surface area (Å²) in [6.45, 7) is 6.19. The van der Waals surface area contributed by atoms with Gasteiger partial charge in [0.1, 0.15) is 5.82 Å². The highest BCUT2D eigenvalue weighted by Crippen LogP contribution is 2.27. The number of carbonyl (C=O) groups is 1. The van der Waals surface area contributed by atoms with Gasteiger partial charge in [0.05, 0.1) is 0 Å². The van der Waals surface area contributed by atoms with Crippen LogP contribution in [0.2, 0.25) is 0 Å². The summed E-state index contributed by atoms with van der Waals surface area (Å²) in [5.41, 5.74) is 4.02. The van der Waals surface area contributed by atoms with Gasteiger partial charge >= 0.3 is 0 Å². The molecule has 116 valence electrons. The van der Waals surface area contributed by atoms with E-state index in [1.54, 1.807) is 6.07 Å². The Morgan fingerprint density at radius 2 is 1.95 bits per heavy atom. The first-order chi connectivity index (χ1) is 10.0. The molecular weight excluding hydrogens is 264 g/mol. The molecular formula is C16H26N4O. The van der Waals surface area contributed by atoms with Crippen molar-refractivity contribution in [2.24, 2.45) is 11.8 Å². The van der Waals surface area contributed by atoms with Crippen LogP contribution in [0.15, 0.2) is 12.1 Å². The van der Waals surface area contributed by atoms with E-state index < -0.39 is 0 Å². The molecule has 1 atom stereocenters. The Labute approximate surface area is 126 Å². The molecule has 0 aliphatic heterocycles. The molecule has 5 heteroatoms. The molecule has 0 saturated heterocycles. The minimum Gasteiger partial charge on any atom is -0.349 e. The molecule has 0 spiro atoms. The Bertz CT molecular complexity index is 495. The molecule has 0 radical (unpaired) electrons. The molecule has 5 nitrogen and oxygen atoms in total. The average Bonchev–Trinajstić information content (AvgIpc) is 3.00. The van der Waals surface area contributed by atoms with E-state index >= 15 is 0 Å². The first-order valence-corrected chi connectivity index (χ1v) is 7.80. The molecule has 1 unspecified atom stereocenters. The van der Waals surface area contributed by atoms with Crippen LogP contribution in [-0.2, 0) is 0 Å². The van der Waals surface area contributed by atoms with E-state index in [0.29, 0.717) is 17.3 Å². The molecule has 1 fully saturated rings. The van der Waals surface area contributed by atoms with E-state index in [1.165, 1.54) is 25.7 Å². The molecule has 1 heterocycles. The number of nitrogens with one attached hydrogen (secondary N) is 2. The Kier molecular flexibility index (Phi) is 5.17. The number of pyridine rings is 1. The van der Waals surface area contributed by atoms with Crippen LogP contribution in [-0.4, -0.2) is 16.9 Å². The van der Waals surface area contributed by atoms with Crippen LogP contribution in [0, 0.1) is 5.92 Å². The lowest BCUT2D eigenvalue weighted by atomic mass is 9.99. The highest BCUT2D eigenvalue weighted by molar-refractivity contribution is 5.95. The Hall–Kier alpha value is -1.62. The van der Waals surface area contributed by atoms with Crippen molar-refractivity contribution < 1.29 is 4.79 Å². The number of nitrogens with zero attached hydrogens (tertiary/aromatic N) is 1. The number of rotatable bonds is 5. The molecule has 1 aliphatic carbocycles. The second-order valence-electron chi connectivity index (χ2n) is 6.27. The normalized spacial score (nSPS) is 17.0. The first kappa shape index (κ1) is 15.8. The third-order valence-electron chi connectivity index (χ3n) is 4.31. The number of carbonyl (C=O) groups excluding carboxylic acids is 1. The van der Waals surface area contributed by atoms with Crippen molar-refractivity contribution in [3.05, 3.63) is 23.4 Å². The van der Waals surface area contributed by atoms with Crippen molar-refractivity contribution in [2.45, 2.75) is 58.4 Å². The fourth-order valence-electron chi connectivity index (χ4n) is 2.92. The van der Waals surface area contributed by atoms with Crippen LogP contribution in [0.3, 0.4) is 0 Å². The number of anilines is 1. The average molecular weight is 290 g/mol. The zero-order valence-corrected chi connectivity index (χ0v) is 13.1. The van der Waals surface area contributed by atoms with Crippen molar-refractivity contribution in [3.8, 4) is 0 Å². The number of amides is 1. The van der Waals surface area contributed by atoms with Gasteiger partial charge in [-0.15, -0.1) is 0 Å². The van der Waals surface area contributed by atoms with Crippen molar-refractivity contribution >= 4 is 11.7 Å². The van der Waals surface area contributed by atoms with Crippen LogP contribution in [0.25, 0.3) is 0 Å². The number of hydrazine groups is 1. The largest absolute Gasteiger partial charge is 0.349 e. The summed E-state index contributed by atoms with van der Waals surface area (Å²) in [6, 6.07) is 3.76. The molecule has 1 saturated carbocycles. The zero-order chi connectivity index (χ0) is 15.4. The topological polar surface area (TPSA) is 80.0 Å². The van der Waals surface area contributed by atoms with Crippen molar-refractivity contribution in [1.82, 2.24) is 10.3 Å². The fraction of sp³-hybridized carbons (Fsp3) is 0.625. The van der Waals surface area contributed by atoms with E-state index in [4.69, 9.17) is 5.84 Å². The van der Waals surface area contributed by atoms with E-state index in [9.17, 15) is 4.79 Å². The molecule has 4 N–H and O–H groups in total. The Morgan fingerprint density at radius 1 is 1.29 bits per heavy atom. The molecule has 1 aromatic heterocycles. The molecule has 1 aromatic rings. The third kappa shape index (κ3) is 3.94. The first-order valence-electron chi connectivity index (χ1n) is 7.80. The van der Waals surface area contributed by atoms with E-state index in [2.05, 4.69) is 22.7 Å². The smallest absolute Gasteiger partial charge is 0.251 e. The standard InChI is InChI=1S/C16H26N4O/c1-10(2)14-8-13(9-15(19-14)20-17)16(21)18-11(3)12-6-4-5-7-12/h8-12H,4-7,17H2,1-3H3,(H,18,21)(H,19,20). The van der Waals surface area contributed by atoms with Gasteiger partial charge in [0.2, 0.25) is 0 Å². The van der Waals surface area contributed by atoms with Crippen LogP contribution < -0.4 is 16.6 Å². The maximum absolute atomic E-state index is 12.4. The van der Waals surface area contributed by atoms with Gasteiger partial charge in [0.25, 0.3) is 5.91 Å².